The van der Waals surface area contributed by atoms with Crippen molar-refractivity contribution in [3.8, 4) is 11.3 Å². The number of carbonyl (C=O) groups is 2. The zero-order chi connectivity index (χ0) is 28.4. The molecule has 0 aliphatic carbocycles. The van der Waals surface area contributed by atoms with Crippen molar-refractivity contribution in [3.05, 3.63) is 86.3 Å². The molecule has 3 N–H and O–H groups in total. The monoisotopic (exact) mass is 566 g/mol. The average Bonchev–Trinajstić information content (AvgIpc) is 2.86. The minimum Gasteiger partial charge on any atom is -0.455 e. The number of aromatic nitrogens is 1. The predicted molar refractivity (Wildman–Crippen MR) is 155 cm³/mol. The van der Waals surface area contributed by atoms with Gasteiger partial charge in [-0.3, -0.25) is 19.1 Å². The maximum Gasteiger partial charge on any atom is 0.283 e. The molecule has 2 aromatic heterocycles. The van der Waals surface area contributed by atoms with E-state index >= 15 is 0 Å². The summed E-state index contributed by atoms with van der Waals surface area (Å²) in [6.45, 7) is 6.87. The second-order valence-electron chi connectivity index (χ2n) is 9.16. The smallest absolute Gasteiger partial charge is 0.283 e. The molecule has 0 radical (unpaired) electrons. The summed E-state index contributed by atoms with van der Waals surface area (Å²) in [4.78, 5) is 41.8. The lowest BCUT2D eigenvalue weighted by molar-refractivity contribution is -0.114. The molecule has 0 bridgehead atoms. The molecule has 0 saturated heterocycles. The van der Waals surface area contributed by atoms with E-state index in [1.807, 2.05) is 19.9 Å². The van der Waals surface area contributed by atoms with E-state index in [0.717, 1.165) is 5.56 Å². The first-order valence-electron chi connectivity index (χ1n) is 12.0. The van der Waals surface area contributed by atoms with Crippen LogP contribution in [0.2, 0.25) is 5.15 Å². The van der Waals surface area contributed by atoms with Gasteiger partial charge in [0.1, 0.15) is 27.5 Å². The number of benzene rings is 2. The summed E-state index contributed by atoms with van der Waals surface area (Å²) in [6.07, 6.45) is 1.34. The maximum absolute atomic E-state index is 13.5. The van der Waals surface area contributed by atoms with Crippen molar-refractivity contribution in [2.24, 2.45) is 0 Å². The van der Waals surface area contributed by atoms with Gasteiger partial charge in [-0.05, 0) is 56.7 Å². The van der Waals surface area contributed by atoms with Crippen molar-refractivity contribution in [1.29, 1.82) is 0 Å². The second-order valence-corrected chi connectivity index (χ2v) is 10.7. The fourth-order valence-electron chi connectivity index (χ4n) is 4.32. The second kappa shape index (κ2) is 11.4. The number of aryl methyl sites for hydroxylation is 1. The van der Waals surface area contributed by atoms with E-state index in [2.05, 4.69) is 20.3 Å². The molecule has 9 nitrogen and oxygen atoms in total. The standard InChI is InChI=1S/C28H27ClN4O5S/c1-14-11-20(16(3)30-22-9-10-23(29)32-24(22)28(36)33-39(5)37)27-21(12-14)25(35)15(2)26(38-27)18-7-6-8-19(13-18)31-17(4)34/h6-13,16,30H,1-5H3,(H,31,34)(H,33,36). The van der Waals surface area contributed by atoms with E-state index in [1.54, 1.807) is 43.3 Å². The normalized spacial score (nSPS) is 12.6. The van der Waals surface area contributed by atoms with Crippen molar-refractivity contribution in [2.75, 3.05) is 16.9 Å². The van der Waals surface area contributed by atoms with Crippen LogP contribution >= 0.6 is 11.6 Å². The van der Waals surface area contributed by atoms with E-state index in [9.17, 15) is 18.6 Å². The van der Waals surface area contributed by atoms with Gasteiger partial charge < -0.3 is 15.1 Å². The van der Waals surface area contributed by atoms with Gasteiger partial charge in [0.15, 0.2) is 11.1 Å². The number of halogens is 1. The van der Waals surface area contributed by atoms with Gasteiger partial charge in [0.05, 0.1) is 17.1 Å². The average molecular weight is 567 g/mol. The Hall–Kier alpha value is -4.02. The van der Waals surface area contributed by atoms with Gasteiger partial charge in [-0.2, -0.15) is 0 Å². The lowest BCUT2D eigenvalue weighted by Crippen LogP contribution is -2.27. The van der Waals surface area contributed by atoms with Crippen LogP contribution in [0.4, 0.5) is 11.4 Å². The molecular formula is C28H27ClN4O5S. The first-order chi connectivity index (χ1) is 18.4. The summed E-state index contributed by atoms with van der Waals surface area (Å²) < 4.78 is 20.3. The molecule has 0 spiro atoms. The quantitative estimate of drug-likeness (QED) is 0.259. The molecule has 0 aliphatic heterocycles. The number of nitrogens with zero attached hydrogens (tertiary/aromatic N) is 1. The molecule has 2 amide bonds. The summed E-state index contributed by atoms with van der Waals surface area (Å²) in [6, 6.07) is 13.5. The molecule has 4 aromatic rings. The summed E-state index contributed by atoms with van der Waals surface area (Å²) in [5, 5.41) is 6.53. The van der Waals surface area contributed by atoms with Crippen LogP contribution in [0.25, 0.3) is 22.3 Å². The van der Waals surface area contributed by atoms with Crippen molar-refractivity contribution in [1.82, 2.24) is 9.71 Å². The van der Waals surface area contributed by atoms with Gasteiger partial charge in [-0.25, -0.2) is 9.19 Å². The van der Waals surface area contributed by atoms with Gasteiger partial charge in [0, 0.05) is 35.6 Å². The highest BCUT2D eigenvalue weighted by Crippen LogP contribution is 2.33. The number of rotatable bonds is 7. The number of amides is 2. The Labute approximate surface area is 232 Å². The molecule has 4 rings (SSSR count). The largest absolute Gasteiger partial charge is 0.455 e. The number of hydrogen-bond acceptors (Lipinski definition) is 7. The third kappa shape index (κ3) is 6.18. The molecule has 2 atom stereocenters. The minimum atomic E-state index is -1.60. The van der Waals surface area contributed by atoms with E-state index in [1.165, 1.54) is 19.2 Å². The van der Waals surface area contributed by atoms with Crippen LogP contribution < -0.4 is 20.8 Å². The van der Waals surface area contributed by atoms with Gasteiger partial charge >= 0.3 is 0 Å². The number of nitrogens with one attached hydrogen (secondary N) is 3. The van der Waals surface area contributed by atoms with E-state index in [4.69, 9.17) is 16.0 Å². The van der Waals surface area contributed by atoms with E-state index in [-0.39, 0.29) is 22.2 Å². The first-order valence-corrected chi connectivity index (χ1v) is 13.9. The fraction of sp³-hybridized carbons (Fsp3) is 0.214. The molecule has 202 valence electrons. The van der Waals surface area contributed by atoms with Crippen molar-refractivity contribution < 1.29 is 18.2 Å². The Morgan fingerprint density at radius 1 is 1.10 bits per heavy atom. The van der Waals surface area contributed by atoms with Crippen LogP contribution in [0.15, 0.2) is 57.7 Å². The Morgan fingerprint density at radius 3 is 2.54 bits per heavy atom. The number of fused-ring (bicyclic) bond motifs is 1. The topological polar surface area (TPSA) is 130 Å². The Morgan fingerprint density at radius 2 is 1.85 bits per heavy atom. The number of pyridine rings is 1. The molecule has 2 heterocycles. The molecular weight excluding hydrogens is 540 g/mol. The summed E-state index contributed by atoms with van der Waals surface area (Å²) in [7, 11) is -1.60. The number of anilines is 2. The highest BCUT2D eigenvalue weighted by molar-refractivity contribution is 7.82. The highest BCUT2D eigenvalue weighted by Gasteiger charge is 2.22. The van der Waals surface area contributed by atoms with Crippen LogP contribution in [0.1, 0.15) is 47.1 Å². The number of carbonyl (C=O) groups excluding carboxylic acids is 2. The highest BCUT2D eigenvalue weighted by atomic mass is 35.5. The van der Waals surface area contributed by atoms with E-state index in [0.29, 0.717) is 44.8 Å². The first kappa shape index (κ1) is 28.0. The third-order valence-electron chi connectivity index (χ3n) is 5.99. The molecule has 0 fully saturated rings. The zero-order valence-corrected chi connectivity index (χ0v) is 23.5. The van der Waals surface area contributed by atoms with Crippen molar-refractivity contribution in [3.63, 3.8) is 0 Å². The van der Waals surface area contributed by atoms with Crippen LogP contribution in [-0.2, 0) is 15.8 Å². The van der Waals surface area contributed by atoms with Crippen molar-refractivity contribution in [2.45, 2.75) is 33.7 Å². The number of hydrogen-bond donors (Lipinski definition) is 3. The lowest BCUT2D eigenvalue weighted by Gasteiger charge is -2.20. The van der Waals surface area contributed by atoms with Crippen LogP contribution in [-0.4, -0.2) is 27.3 Å². The minimum absolute atomic E-state index is 0.0192. The van der Waals surface area contributed by atoms with Gasteiger partial charge in [0.25, 0.3) is 5.91 Å². The molecule has 2 aromatic carbocycles. The molecule has 2 unspecified atom stereocenters. The molecule has 11 heteroatoms. The van der Waals surface area contributed by atoms with Gasteiger partial charge in [-0.1, -0.05) is 29.8 Å². The predicted octanol–water partition coefficient (Wildman–Crippen LogP) is 5.28. The SMILES string of the molecule is CC(=O)Nc1cccc(-c2oc3c(C(C)Nc4ccc(Cl)nc4C(=O)NS(C)=O)cc(C)cc3c(=O)c2C)c1. The maximum atomic E-state index is 13.5. The van der Waals surface area contributed by atoms with Gasteiger partial charge in [0.2, 0.25) is 5.91 Å². The Kier molecular flexibility index (Phi) is 8.17. The molecule has 0 saturated carbocycles. The fourth-order valence-corrected chi connectivity index (χ4v) is 4.83. The third-order valence-corrected chi connectivity index (χ3v) is 6.67. The van der Waals surface area contributed by atoms with Crippen LogP contribution in [0, 0.1) is 13.8 Å². The molecule has 39 heavy (non-hydrogen) atoms. The van der Waals surface area contributed by atoms with Crippen LogP contribution in [0.3, 0.4) is 0 Å². The Balaban J connectivity index is 1.83. The van der Waals surface area contributed by atoms with Gasteiger partial charge in [-0.15, -0.1) is 0 Å². The van der Waals surface area contributed by atoms with Crippen LogP contribution in [0.5, 0.6) is 0 Å². The molecule has 0 aliphatic rings. The Bertz CT molecular complexity index is 1700. The summed E-state index contributed by atoms with van der Waals surface area (Å²) in [5.41, 5.74) is 3.75. The summed E-state index contributed by atoms with van der Waals surface area (Å²) >= 11 is 6.03. The zero-order valence-electron chi connectivity index (χ0n) is 22.0. The summed E-state index contributed by atoms with van der Waals surface area (Å²) in [5.74, 6) is -0.474. The lowest BCUT2D eigenvalue weighted by atomic mass is 9.98. The van der Waals surface area contributed by atoms with E-state index < -0.39 is 22.9 Å². The van der Waals surface area contributed by atoms with Crippen molar-refractivity contribution >= 4 is 56.7 Å².